The summed E-state index contributed by atoms with van der Waals surface area (Å²) in [5.41, 5.74) is 1.72. The number of alkyl halides is 3. The molecule has 2 aromatic carbocycles. The Balaban J connectivity index is 1.65. The highest BCUT2D eigenvalue weighted by molar-refractivity contribution is 5.75. The molecule has 0 spiro atoms. The SMILES string of the molecule is CCOC(=O)C(Cc1ccc(OC)c(C2OC2NCc2ccc(C(F)(F)F)cc2)c1)OC(C)C. The number of methoxy groups -OCH3 is 1. The lowest BCUT2D eigenvalue weighted by atomic mass is 10.0. The summed E-state index contributed by atoms with van der Waals surface area (Å²) in [6, 6.07) is 10.6. The van der Waals surface area contributed by atoms with E-state index in [1.807, 2.05) is 32.0 Å². The van der Waals surface area contributed by atoms with E-state index < -0.39 is 23.8 Å². The quantitative estimate of drug-likeness (QED) is 0.367. The maximum atomic E-state index is 12.7. The fraction of sp³-hybridized carbons (Fsp3) is 0.480. The third-order valence-corrected chi connectivity index (χ3v) is 5.29. The number of carbonyl (C=O) groups is 1. The van der Waals surface area contributed by atoms with E-state index in [9.17, 15) is 18.0 Å². The van der Waals surface area contributed by atoms with Crippen molar-refractivity contribution in [3.8, 4) is 5.75 Å². The molecule has 34 heavy (non-hydrogen) atoms. The molecule has 0 aliphatic carbocycles. The lowest BCUT2D eigenvalue weighted by Crippen LogP contribution is -2.31. The summed E-state index contributed by atoms with van der Waals surface area (Å²) in [6.07, 6.45) is -5.47. The molecule has 1 aliphatic rings. The van der Waals surface area contributed by atoms with Crippen LogP contribution in [0.4, 0.5) is 13.2 Å². The largest absolute Gasteiger partial charge is 0.496 e. The van der Waals surface area contributed by atoms with Crippen LogP contribution in [0.25, 0.3) is 0 Å². The number of esters is 1. The molecule has 1 N–H and O–H groups in total. The van der Waals surface area contributed by atoms with Crippen molar-refractivity contribution >= 4 is 5.97 Å². The van der Waals surface area contributed by atoms with Crippen LogP contribution in [0.5, 0.6) is 5.75 Å². The fourth-order valence-electron chi connectivity index (χ4n) is 3.63. The minimum absolute atomic E-state index is 0.141. The number of hydrogen-bond donors (Lipinski definition) is 1. The van der Waals surface area contributed by atoms with Crippen LogP contribution in [0.1, 0.15) is 49.1 Å². The van der Waals surface area contributed by atoms with Crippen LogP contribution < -0.4 is 10.1 Å². The van der Waals surface area contributed by atoms with Gasteiger partial charge in [0.05, 0.1) is 25.4 Å². The smallest absolute Gasteiger partial charge is 0.416 e. The molecule has 1 aliphatic heterocycles. The molecule has 0 radical (unpaired) electrons. The van der Waals surface area contributed by atoms with E-state index in [2.05, 4.69) is 5.32 Å². The van der Waals surface area contributed by atoms with Crippen molar-refractivity contribution in [2.75, 3.05) is 13.7 Å². The Morgan fingerprint density at radius 2 is 1.79 bits per heavy atom. The molecule has 0 amide bonds. The molecule has 0 aromatic heterocycles. The minimum Gasteiger partial charge on any atom is -0.496 e. The predicted octanol–water partition coefficient (Wildman–Crippen LogP) is 4.80. The molecule has 0 bridgehead atoms. The number of carbonyl (C=O) groups excluding carboxylic acids is 1. The van der Waals surface area contributed by atoms with E-state index in [0.29, 0.717) is 24.3 Å². The summed E-state index contributed by atoms with van der Waals surface area (Å²) in [7, 11) is 1.56. The van der Waals surface area contributed by atoms with Gasteiger partial charge in [-0.3, -0.25) is 5.32 Å². The summed E-state index contributed by atoms with van der Waals surface area (Å²) in [5.74, 6) is 0.234. The molecular formula is C25H30F3NO5. The second kappa shape index (κ2) is 11.2. The van der Waals surface area contributed by atoms with E-state index in [0.717, 1.165) is 23.3 Å². The fourth-order valence-corrected chi connectivity index (χ4v) is 3.63. The Morgan fingerprint density at radius 1 is 1.12 bits per heavy atom. The standard InChI is InChI=1S/C25H30F3NO5/c1-5-32-24(30)21(33-15(2)3)13-17-8-11-20(31-4)19(12-17)22-23(34-22)29-14-16-6-9-18(10-7-16)25(26,27)28/h6-12,15,21-23,29H,5,13-14H2,1-4H3. The highest BCUT2D eigenvalue weighted by Gasteiger charge is 2.42. The average Bonchev–Trinajstić information content (AvgIpc) is 3.56. The summed E-state index contributed by atoms with van der Waals surface area (Å²) in [4.78, 5) is 12.3. The molecule has 1 saturated heterocycles. The van der Waals surface area contributed by atoms with Crippen molar-refractivity contribution in [3.63, 3.8) is 0 Å². The van der Waals surface area contributed by atoms with Crippen LogP contribution in [-0.4, -0.2) is 38.1 Å². The Bertz CT molecular complexity index is 962. The zero-order chi connectivity index (χ0) is 24.9. The van der Waals surface area contributed by atoms with E-state index in [1.165, 1.54) is 12.1 Å². The van der Waals surface area contributed by atoms with Crippen LogP contribution in [-0.2, 0) is 38.1 Å². The molecule has 0 saturated carbocycles. The second-order valence-corrected chi connectivity index (χ2v) is 8.26. The van der Waals surface area contributed by atoms with Crippen molar-refractivity contribution in [1.82, 2.24) is 5.32 Å². The van der Waals surface area contributed by atoms with E-state index in [1.54, 1.807) is 14.0 Å². The Labute approximate surface area is 197 Å². The number of hydrogen-bond acceptors (Lipinski definition) is 6. The minimum atomic E-state index is -4.36. The zero-order valence-electron chi connectivity index (χ0n) is 19.6. The Hall–Kier alpha value is -2.62. The normalized spacial score (nSPS) is 18.6. The van der Waals surface area contributed by atoms with Gasteiger partial charge in [0.1, 0.15) is 18.1 Å². The second-order valence-electron chi connectivity index (χ2n) is 8.26. The van der Waals surface area contributed by atoms with Crippen LogP contribution >= 0.6 is 0 Å². The topological polar surface area (TPSA) is 69.3 Å². The third-order valence-electron chi connectivity index (χ3n) is 5.29. The van der Waals surface area contributed by atoms with Crippen molar-refractivity contribution in [2.24, 2.45) is 0 Å². The predicted molar refractivity (Wildman–Crippen MR) is 119 cm³/mol. The molecule has 3 rings (SSSR count). The van der Waals surface area contributed by atoms with Gasteiger partial charge in [0.25, 0.3) is 0 Å². The highest BCUT2D eigenvalue weighted by Crippen LogP contribution is 2.42. The number of benzene rings is 2. The van der Waals surface area contributed by atoms with Crippen LogP contribution in [0.3, 0.4) is 0 Å². The monoisotopic (exact) mass is 481 g/mol. The number of nitrogens with one attached hydrogen (secondary N) is 1. The summed E-state index contributed by atoms with van der Waals surface area (Å²) in [5, 5.41) is 3.19. The van der Waals surface area contributed by atoms with Crippen LogP contribution in [0.15, 0.2) is 42.5 Å². The number of rotatable bonds is 11. The zero-order valence-corrected chi connectivity index (χ0v) is 19.6. The molecule has 186 valence electrons. The van der Waals surface area contributed by atoms with E-state index >= 15 is 0 Å². The Kier molecular flexibility index (Phi) is 8.57. The molecule has 9 heteroatoms. The first-order valence-corrected chi connectivity index (χ1v) is 11.2. The van der Waals surface area contributed by atoms with Crippen molar-refractivity contribution in [1.29, 1.82) is 0 Å². The maximum Gasteiger partial charge on any atom is 0.416 e. The van der Waals surface area contributed by atoms with Gasteiger partial charge in [-0.15, -0.1) is 0 Å². The highest BCUT2D eigenvalue weighted by atomic mass is 19.4. The van der Waals surface area contributed by atoms with E-state index in [4.69, 9.17) is 18.9 Å². The van der Waals surface area contributed by atoms with Gasteiger partial charge in [-0.1, -0.05) is 18.2 Å². The van der Waals surface area contributed by atoms with Crippen molar-refractivity contribution in [2.45, 2.75) is 64.5 Å². The first-order chi connectivity index (χ1) is 16.1. The molecule has 6 nitrogen and oxygen atoms in total. The molecule has 2 aromatic rings. The maximum absolute atomic E-state index is 12.7. The summed E-state index contributed by atoms with van der Waals surface area (Å²) < 4.78 is 60.3. The van der Waals surface area contributed by atoms with Gasteiger partial charge in [-0.05, 0) is 56.2 Å². The van der Waals surface area contributed by atoms with E-state index in [-0.39, 0.29) is 25.0 Å². The van der Waals surface area contributed by atoms with Gasteiger partial charge < -0.3 is 18.9 Å². The number of ether oxygens (including phenoxy) is 4. The summed E-state index contributed by atoms with van der Waals surface area (Å²) >= 11 is 0. The first-order valence-electron chi connectivity index (χ1n) is 11.2. The van der Waals surface area contributed by atoms with Crippen molar-refractivity contribution < 1.29 is 36.9 Å². The lowest BCUT2D eigenvalue weighted by molar-refractivity contribution is -0.159. The number of epoxide rings is 1. The summed E-state index contributed by atoms with van der Waals surface area (Å²) in [6.45, 7) is 6.09. The molecular weight excluding hydrogens is 451 g/mol. The van der Waals surface area contributed by atoms with Gasteiger partial charge in [-0.25, -0.2) is 4.79 Å². The van der Waals surface area contributed by atoms with Gasteiger partial charge in [0.2, 0.25) is 0 Å². The van der Waals surface area contributed by atoms with Gasteiger partial charge in [0, 0.05) is 18.5 Å². The average molecular weight is 482 g/mol. The van der Waals surface area contributed by atoms with Gasteiger partial charge in [-0.2, -0.15) is 13.2 Å². The Morgan fingerprint density at radius 3 is 2.38 bits per heavy atom. The van der Waals surface area contributed by atoms with Crippen molar-refractivity contribution in [3.05, 3.63) is 64.7 Å². The molecule has 3 atom stereocenters. The molecule has 3 unspecified atom stereocenters. The molecule has 1 fully saturated rings. The number of halogens is 3. The first kappa shape index (κ1) is 26.0. The van der Waals surface area contributed by atoms with Gasteiger partial charge in [0.15, 0.2) is 6.10 Å². The van der Waals surface area contributed by atoms with Crippen LogP contribution in [0, 0.1) is 0 Å². The lowest BCUT2D eigenvalue weighted by Gasteiger charge is -2.19. The third kappa shape index (κ3) is 6.94. The molecule has 1 heterocycles. The van der Waals surface area contributed by atoms with Crippen LogP contribution in [0.2, 0.25) is 0 Å². The van der Waals surface area contributed by atoms with Gasteiger partial charge >= 0.3 is 12.1 Å².